The van der Waals surface area contributed by atoms with E-state index in [-0.39, 0.29) is 11.5 Å². The fourth-order valence-corrected chi connectivity index (χ4v) is 3.54. The van der Waals surface area contributed by atoms with Gasteiger partial charge in [0.15, 0.2) is 0 Å². The largest absolute Gasteiger partial charge is 0.280 e. The first-order valence-corrected chi connectivity index (χ1v) is 9.95. The Bertz CT molecular complexity index is 1350. The summed E-state index contributed by atoms with van der Waals surface area (Å²) in [7, 11) is 0. The van der Waals surface area contributed by atoms with E-state index in [0.717, 1.165) is 17.0 Å². The van der Waals surface area contributed by atoms with Crippen LogP contribution in [0.3, 0.4) is 0 Å². The molecule has 0 saturated carbocycles. The van der Waals surface area contributed by atoms with Gasteiger partial charge in [-0.3, -0.25) is 19.2 Å². The molecule has 0 saturated heterocycles. The van der Waals surface area contributed by atoms with Crippen molar-refractivity contribution < 1.29 is 4.79 Å². The van der Waals surface area contributed by atoms with E-state index in [4.69, 9.17) is 0 Å². The van der Waals surface area contributed by atoms with Gasteiger partial charge in [0.05, 0.1) is 22.7 Å². The molecule has 3 heterocycles. The van der Waals surface area contributed by atoms with Crippen molar-refractivity contribution in [1.29, 1.82) is 0 Å². The van der Waals surface area contributed by atoms with Gasteiger partial charge in [-0.2, -0.15) is 9.78 Å². The van der Waals surface area contributed by atoms with Crippen LogP contribution in [-0.2, 0) is 6.42 Å². The second kappa shape index (κ2) is 8.35. The van der Waals surface area contributed by atoms with Crippen molar-refractivity contribution in [2.45, 2.75) is 27.2 Å². The maximum atomic E-state index is 13.3. The Kier molecular flexibility index (Phi) is 5.44. The minimum absolute atomic E-state index is 0.127. The highest BCUT2D eigenvalue weighted by molar-refractivity contribution is 5.94. The zero-order valence-corrected chi connectivity index (χ0v) is 17.5. The van der Waals surface area contributed by atoms with E-state index < -0.39 is 0 Å². The lowest BCUT2D eigenvalue weighted by atomic mass is 10.2. The fourth-order valence-electron chi connectivity index (χ4n) is 3.54. The highest BCUT2D eigenvalue weighted by atomic mass is 16.2. The zero-order valence-electron chi connectivity index (χ0n) is 17.5. The molecule has 4 rings (SSSR count). The number of pyridine rings is 1. The quantitative estimate of drug-likeness (QED) is 0.401. The zero-order chi connectivity index (χ0) is 22.0. The number of rotatable bonds is 5. The first-order valence-electron chi connectivity index (χ1n) is 9.95. The lowest BCUT2D eigenvalue weighted by Gasteiger charge is -2.17. The third kappa shape index (κ3) is 3.75. The summed E-state index contributed by atoms with van der Waals surface area (Å²) in [6.07, 6.45) is 5.24. The molecular formula is C23H22N6O2. The van der Waals surface area contributed by atoms with Crippen LogP contribution in [0.1, 0.15) is 40.1 Å². The molecule has 0 bridgehead atoms. The van der Waals surface area contributed by atoms with Crippen molar-refractivity contribution in [3.63, 3.8) is 0 Å². The Morgan fingerprint density at radius 2 is 1.97 bits per heavy atom. The number of hydrogen-bond acceptors (Lipinski definition) is 5. The summed E-state index contributed by atoms with van der Waals surface area (Å²) in [4.78, 5) is 34.0. The normalized spacial score (nSPS) is 11.3. The molecule has 4 aromatic rings. The third-order valence-corrected chi connectivity index (χ3v) is 5.06. The number of hydrogen-bond donors (Lipinski definition) is 1. The smallest absolute Gasteiger partial charge is 0.267 e. The van der Waals surface area contributed by atoms with Crippen molar-refractivity contribution in [3.05, 3.63) is 93.6 Å². The monoisotopic (exact) mass is 414 g/mol. The molecule has 3 aromatic heterocycles. The number of aromatic nitrogens is 4. The van der Waals surface area contributed by atoms with Gasteiger partial charge in [0.2, 0.25) is 0 Å². The van der Waals surface area contributed by atoms with Crippen molar-refractivity contribution in [1.82, 2.24) is 24.7 Å². The molecule has 31 heavy (non-hydrogen) atoms. The van der Waals surface area contributed by atoms with Crippen LogP contribution in [0.15, 0.2) is 64.8 Å². The van der Waals surface area contributed by atoms with Gasteiger partial charge < -0.3 is 0 Å². The predicted octanol–water partition coefficient (Wildman–Crippen LogP) is 2.85. The Morgan fingerprint density at radius 3 is 2.71 bits per heavy atom. The van der Waals surface area contributed by atoms with Crippen molar-refractivity contribution in [2.75, 3.05) is 0 Å². The highest BCUT2D eigenvalue weighted by Gasteiger charge is 2.16. The minimum atomic E-state index is -0.346. The maximum absolute atomic E-state index is 13.3. The number of carbonyl (C=O) groups excluding carboxylic acids is 1. The SMILES string of the molecule is CCc1nc2ccccc2c(=O)n1-n1c(C)cc(/C=N/NC(=O)c2cccnc2)c1C. The molecule has 156 valence electrons. The van der Waals surface area contributed by atoms with E-state index in [0.29, 0.717) is 28.7 Å². The van der Waals surface area contributed by atoms with Crippen molar-refractivity contribution in [3.8, 4) is 0 Å². The number of nitrogens with one attached hydrogen (secondary N) is 1. The number of para-hydroxylation sites is 1. The number of fused-ring (bicyclic) bond motifs is 1. The molecule has 0 aliphatic rings. The molecule has 0 fully saturated rings. The second-order valence-corrected chi connectivity index (χ2v) is 7.09. The molecule has 0 radical (unpaired) electrons. The molecule has 8 heteroatoms. The average molecular weight is 414 g/mol. The molecular weight excluding hydrogens is 392 g/mol. The van der Waals surface area contributed by atoms with Crippen molar-refractivity contribution in [2.24, 2.45) is 5.10 Å². The van der Waals surface area contributed by atoms with Crippen LogP contribution in [0.25, 0.3) is 10.9 Å². The Labute approximate surface area is 178 Å². The fraction of sp³-hybridized carbons (Fsp3) is 0.174. The first-order chi connectivity index (χ1) is 15.0. The van der Waals surface area contributed by atoms with Crippen LogP contribution in [0.4, 0.5) is 0 Å². The lowest BCUT2D eigenvalue weighted by molar-refractivity contribution is 0.0955. The molecule has 0 unspecified atom stereocenters. The van der Waals surface area contributed by atoms with Gasteiger partial charge in [-0.15, -0.1) is 0 Å². The Balaban J connectivity index is 1.72. The summed E-state index contributed by atoms with van der Waals surface area (Å²) < 4.78 is 3.45. The first kappa shape index (κ1) is 20.2. The van der Waals surface area contributed by atoms with Crippen LogP contribution in [0.5, 0.6) is 0 Å². The van der Waals surface area contributed by atoms with Gasteiger partial charge in [-0.25, -0.2) is 10.4 Å². The summed E-state index contributed by atoms with van der Waals surface area (Å²) in [5.74, 6) is 0.320. The number of benzene rings is 1. The minimum Gasteiger partial charge on any atom is -0.267 e. The van der Waals surface area contributed by atoms with Crippen LogP contribution in [0.2, 0.25) is 0 Å². The van der Waals surface area contributed by atoms with Crippen molar-refractivity contribution >= 4 is 23.0 Å². The van der Waals surface area contributed by atoms with Gasteiger partial charge in [-0.05, 0) is 44.2 Å². The molecule has 0 aliphatic heterocycles. The van der Waals surface area contributed by atoms with E-state index in [1.54, 1.807) is 35.3 Å². The number of amides is 1. The summed E-state index contributed by atoms with van der Waals surface area (Å²) >= 11 is 0. The molecule has 0 aliphatic carbocycles. The topological polar surface area (TPSA) is 94.2 Å². The van der Waals surface area contributed by atoms with Gasteiger partial charge in [-0.1, -0.05) is 19.1 Å². The van der Waals surface area contributed by atoms with Gasteiger partial charge in [0, 0.05) is 35.8 Å². The molecule has 0 atom stereocenters. The van der Waals surface area contributed by atoms with Crippen LogP contribution in [0, 0.1) is 13.8 Å². The number of hydrazone groups is 1. The second-order valence-electron chi connectivity index (χ2n) is 7.09. The van der Waals surface area contributed by atoms with Gasteiger partial charge >= 0.3 is 0 Å². The molecule has 1 N–H and O–H groups in total. The molecule has 1 amide bonds. The summed E-state index contributed by atoms with van der Waals surface area (Å²) in [5, 5.41) is 4.63. The van der Waals surface area contributed by atoms with E-state index in [1.165, 1.54) is 6.20 Å². The Hall–Kier alpha value is -4.07. The predicted molar refractivity (Wildman–Crippen MR) is 119 cm³/mol. The lowest BCUT2D eigenvalue weighted by Crippen LogP contribution is -2.32. The van der Waals surface area contributed by atoms with Gasteiger partial charge in [0.25, 0.3) is 11.5 Å². The average Bonchev–Trinajstić information content (AvgIpc) is 3.07. The highest BCUT2D eigenvalue weighted by Crippen LogP contribution is 2.16. The molecule has 1 aromatic carbocycles. The summed E-state index contributed by atoms with van der Waals surface area (Å²) in [5.41, 5.74) is 5.93. The van der Waals surface area contributed by atoms with E-state index >= 15 is 0 Å². The maximum Gasteiger partial charge on any atom is 0.280 e. The molecule has 8 nitrogen and oxygen atoms in total. The number of carbonyl (C=O) groups is 1. The van der Waals surface area contributed by atoms with Gasteiger partial charge in [0.1, 0.15) is 5.82 Å². The third-order valence-electron chi connectivity index (χ3n) is 5.06. The summed E-state index contributed by atoms with van der Waals surface area (Å²) in [6, 6.07) is 12.6. The van der Waals surface area contributed by atoms with Crippen LogP contribution >= 0.6 is 0 Å². The summed E-state index contributed by atoms with van der Waals surface area (Å²) in [6.45, 7) is 5.79. The standard InChI is InChI=1S/C23H22N6O2/c1-4-21-26-20-10-6-5-9-19(20)23(31)29(21)28-15(2)12-18(16(28)3)14-25-27-22(30)17-8-7-11-24-13-17/h5-14H,4H2,1-3H3,(H,27,30)/b25-14+. The molecule has 0 spiro atoms. The van der Waals surface area contributed by atoms with Crippen LogP contribution in [-0.4, -0.2) is 31.4 Å². The number of aryl methyl sites for hydroxylation is 2. The van der Waals surface area contributed by atoms with E-state index in [9.17, 15) is 9.59 Å². The van der Waals surface area contributed by atoms with E-state index in [2.05, 4.69) is 20.5 Å². The van der Waals surface area contributed by atoms with E-state index in [1.807, 2.05) is 49.7 Å². The number of nitrogens with zero attached hydrogens (tertiary/aromatic N) is 5. The Morgan fingerprint density at radius 1 is 1.16 bits per heavy atom. The van der Waals surface area contributed by atoms with Crippen LogP contribution < -0.4 is 11.0 Å².